The molecule has 0 spiro atoms. The van der Waals surface area contributed by atoms with E-state index < -0.39 is 0 Å². The molecule has 2 rings (SSSR count). The Labute approximate surface area is 94.3 Å². The van der Waals surface area contributed by atoms with Gasteiger partial charge in [-0.25, -0.2) is 0 Å². The Bertz CT molecular complexity index is 332. The number of carbonyl (C=O) groups is 2. The van der Waals surface area contributed by atoms with E-state index in [2.05, 4.69) is 22.1 Å². The Balaban J connectivity index is 1.98. The summed E-state index contributed by atoms with van der Waals surface area (Å²) in [5.74, 6) is -0.179. The molecule has 0 aromatic rings. The lowest BCUT2D eigenvalue weighted by atomic mass is 10.3. The van der Waals surface area contributed by atoms with Crippen LogP contribution in [-0.4, -0.2) is 60.3 Å². The lowest BCUT2D eigenvalue weighted by molar-refractivity contribution is -0.127. The monoisotopic (exact) mass is 224 g/mol. The van der Waals surface area contributed by atoms with Crippen LogP contribution in [-0.2, 0) is 9.59 Å². The predicted molar refractivity (Wildman–Crippen MR) is 58.9 cm³/mol. The zero-order valence-electron chi connectivity index (χ0n) is 9.40. The second-order valence-electron chi connectivity index (χ2n) is 3.98. The second kappa shape index (κ2) is 4.61. The van der Waals surface area contributed by atoms with Gasteiger partial charge in [0.15, 0.2) is 0 Å². The number of likely N-dealkylation sites (N-methyl/N-ethyl adjacent to an activating group) is 1. The summed E-state index contributed by atoms with van der Waals surface area (Å²) in [6.07, 6.45) is -0.127. The molecule has 0 aliphatic carbocycles. The molecule has 0 atom stereocenters. The maximum absolute atomic E-state index is 11.2. The first kappa shape index (κ1) is 11.1. The molecular formula is C10H16N4O2. The van der Waals surface area contributed by atoms with E-state index in [-0.39, 0.29) is 18.2 Å². The molecule has 6 heteroatoms. The molecule has 0 saturated carbocycles. The minimum absolute atomic E-state index is 0.127. The molecule has 2 heterocycles. The Morgan fingerprint density at radius 1 is 1.25 bits per heavy atom. The Kier molecular flexibility index (Phi) is 3.19. The van der Waals surface area contributed by atoms with Crippen LogP contribution in [0, 0.1) is 0 Å². The van der Waals surface area contributed by atoms with Crippen LogP contribution in [0.2, 0.25) is 0 Å². The molecule has 0 radical (unpaired) electrons. The highest BCUT2D eigenvalue weighted by Gasteiger charge is 2.25. The summed E-state index contributed by atoms with van der Waals surface area (Å²) in [5.41, 5.74) is 0. The minimum Gasteiger partial charge on any atom is -0.340 e. The molecule has 6 nitrogen and oxygen atoms in total. The van der Waals surface area contributed by atoms with Crippen molar-refractivity contribution in [3.8, 4) is 0 Å². The van der Waals surface area contributed by atoms with Crippen LogP contribution in [0.1, 0.15) is 13.3 Å². The van der Waals surface area contributed by atoms with Crippen LogP contribution in [0.3, 0.4) is 0 Å². The van der Waals surface area contributed by atoms with Crippen molar-refractivity contribution >= 4 is 17.8 Å². The van der Waals surface area contributed by atoms with Crippen molar-refractivity contribution in [1.29, 1.82) is 0 Å². The minimum atomic E-state index is -0.350. The van der Waals surface area contributed by atoms with E-state index in [4.69, 9.17) is 0 Å². The largest absolute Gasteiger partial charge is 0.340 e. The van der Waals surface area contributed by atoms with Crippen LogP contribution in [0.25, 0.3) is 0 Å². The van der Waals surface area contributed by atoms with Gasteiger partial charge in [-0.1, -0.05) is 6.92 Å². The van der Waals surface area contributed by atoms with Gasteiger partial charge in [0.1, 0.15) is 6.42 Å². The molecule has 0 unspecified atom stereocenters. The van der Waals surface area contributed by atoms with E-state index in [1.165, 1.54) is 0 Å². The highest BCUT2D eigenvalue weighted by molar-refractivity contribution is 6.13. The van der Waals surface area contributed by atoms with Gasteiger partial charge < -0.3 is 9.80 Å². The third-order valence-corrected chi connectivity index (χ3v) is 2.91. The first-order valence-electron chi connectivity index (χ1n) is 5.57. The summed E-state index contributed by atoms with van der Waals surface area (Å²) in [4.78, 5) is 30.5. The molecule has 1 fully saturated rings. The number of carbonyl (C=O) groups excluding carboxylic acids is 2. The molecular weight excluding hydrogens is 208 g/mol. The smallest absolute Gasteiger partial charge is 0.258 e. The van der Waals surface area contributed by atoms with Crippen LogP contribution in [0.15, 0.2) is 4.99 Å². The number of aliphatic imine (C=N–C) groups is 1. The van der Waals surface area contributed by atoms with Crippen molar-refractivity contribution in [2.24, 2.45) is 4.99 Å². The molecule has 0 aromatic heterocycles. The topological polar surface area (TPSA) is 65.0 Å². The first-order chi connectivity index (χ1) is 7.69. The van der Waals surface area contributed by atoms with Gasteiger partial charge in [0.2, 0.25) is 11.9 Å². The van der Waals surface area contributed by atoms with E-state index in [0.29, 0.717) is 5.96 Å². The van der Waals surface area contributed by atoms with Crippen LogP contribution in [0.4, 0.5) is 0 Å². The van der Waals surface area contributed by atoms with E-state index in [1.54, 1.807) is 0 Å². The van der Waals surface area contributed by atoms with Gasteiger partial charge in [-0.3, -0.25) is 14.9 Å². The van der Waals surface area contributed by atoms with Crippen molar-refractivity contribution in [3.05, 3.63) is 0 Å². The number of hydrogen-bond donors (Lipinski definition) is 1. The number of nitrogens with zero attached hydrogens (tertiary/aromatic N) is 3. The molecule has 88 valence electrons. The molecule has 0 bridgehead atoms. The van der Waals surface area contributed by atoms with Gasteiger partial charge in [0.25, 0.3) is 5.91 Å². The quantitative estimate of drug-likeness (QED) is 0.582. The molecule has 0 aromatic carbocycles. The second-order valence-corrected chi connectivity index (χ2v) is 3.98. The van der Waals surface area contributed by atoms with Gasteiger partial charge in [-0.2, -0.15) is 4.99 Å². The zero-order valence-corrected chi connectivity index (χ0v) is 9.40. The predicted octanol–water partition coefficient (Wildman–Crippen LogP) is -0.974. The van der Waals surface area contributed by atoms with Crippen molar-refractivity contribution in [2.45, 2.75) is 13.3 Å². The SMILES string of the molecule is CCN1CCN(C2=NC(=O)CC(=O)N2)CC1. The Hall–Kier alpha value is -1.43. The average molecular weight is 224 g/mol. The summed E-state index contributed by atoms with van der Waals surface area (Å²) in [7, 11) is 0. The Morgan fingerprint density at radius 2 is 1.94 bits per heavy atom. The number of hydrogen-bond acceptors (Lipinski definition) is 4. The summed E-state index contributed by atoms with van der Waals surface area (Å²) >= 11 is 0. The molecule has 2 aliphatic rings. The number of rotatable bonds is 1. The highest BCUT2D eigenvalue weighted by atomic mass is 16.2. The van der Waals surface area contributed by atoms with Gasteiger partial charge in [0.05, 0.1) is 0 Å². The lowest BCUT2D eigenvalue weighted by Gasteiger charge is -2.36. The van der Waals surface area contributed by atoms with Gasteiger partial charge >= 0.3 is 0 Å². The van der Waals surface area contributed by atoms with E-state index in [1.807, 2.05) is 4.90 Å². The molecule has 2 aliphatic heterocycles. The molecule has 16 heavy (non-hydrogen) atoms. The number of piperazine rings is 1. The highest BCUT2D eigenvalue weighted by Crippen LogP contribution is 2.04. The molecule has 1 saturated heterocycles. The third-order valence-electron chi connectivity index (χ3n) is 2.91. The first-order valence-corrected chi connectivity index (χ1v) is 5.57. The van der Waals surface area contributed by atoms with E-state index in [0.717, 1.165) is 32.7 Å². The zero-order chi connectivity index (χ0) is 11.5. The van der Waals surface area contributed by atoms with Crippen molar-refractivity contribution < 1.29 is 9.59 Å². The van der Waals surface area contributed by atoms with Crippen molar-refractivity contribution in [3.63, 3.8) is 0 Å². The van der Waals surface area contributed by atoms with E-state index in [9.17, 15) is 9.59 Å². The fourth-order valence-corrected chi connectivity index (χ4v) is 1.92. The maximum atomic E-state index is 11.2. The maximum Gasteiger partial charge on any atom is 0.258 e. The summed E-state index contributed by atoms with van der Waals surface area (Å²) in [6, 6.07) is 0. The number of amides is 2. The molecule has 1 N–H and O–H groups in total. The van der Waals surface area contributed by atoms with E-state index >= 15 is 0 Å². The van der Waals surface area contributed by atoms with Crippen LogP contribution >= 0.6 is 0 Å². The van der Waals surface area contributed by atoms with Crippen molar-refractivity contribution in [1.82, 2.24) is 15.1 Å². The summed E-state index contributed by atoms with van der Waals surface area (Å²) in [6.45, 7) is 6.66. The van der Waals surface area contributed by atoms with Gasteiger partial charge in [-0.05, 0) is 6.54 Å². The summed E-state index contributed by atoms with van der Waals surface area (Å²) in [5, 5.41) is 2.65. The average Bonchev–Trinajstić information content (AvgIpc) is 2.28. The van der Waals surface area contributed by atoms with Crippen molar-refractivity contribution in [2.75, 3.05) is 32.7 Å². The summed E-state index contributed by atoms with van der Waals surface area (Å²) < 4.78 is 0. The lowest BCUT2D eigenvalue weighted by Crippen LogP contribution is -2.55. The fraction of sp³-hybridized carbons (Fsp3) is 0.700. The van der Waals surface area contributed by atoms with Crippen LogP contribution < -0.4 is 5.32 Å². The number of guanidine groups is 1. The normalized spacial score (nSPS) is 23.1. The molecule has 2 amide bonds. The van der Waals surface area contributed by atoms with Gasteiger partial charge in [0, 0.05) is 26.2 Å². The Morgan fingerprint density at radius 3 is 2.50 bits per heavy atom. The number of nitrogens with one attached hydrogen (secondary N) is 1. The standard InChI is InChI=1S/C10H16N4O2/c1-2-13-3-5-14(6-4-13)10-11-8(15)7-9(16)12-10/h2-7H2,1H3,(H,11,12,15,16). The van der Waals surface area contributed by atoms with Gasteiger partial charge in [-0.15, -0.1) is 0 Å². The van der Waals surface area contributed by atoms with Crippen LogP contribution in [0.5, 0.6) is 0 Å². The fourth-order valence-electron chi connectivity index (χ4n) is 1.92. The third kappa shape index (κ3) is 2.38.